The minimum Gasteiger partial charge on any atom is -0.490 e. The van der Waals surface area contributed by atoms with Crippen molar-refractivity contribution in [2.75, 3.05) is 19.8 Å². The van der Waals surface area contributed by atoms with Crippen LogP contribution >= 0.6 is 0 Å². The molecule has 1 N–H and O–H groups in total. The Morgan fingerprint density at radius 2 is 2.26 bits per heavy atom. The molecule has 0 bridgehead atoms. The molecule has 0 radical (unpaired) electrons. The lowest BCUT2D eigenvalue weighted by molar-refractivity contribution is -0.0141. The van der Waals surface area contributed by atoms with E-state index in [1.807, 2.05) is 20.8 Å². The molecule has 1 aromatic rings. The number of ether oxygens (including phenoxy) is 2. The van der Waals surface area contributed by atoms with Crippen molar-refractivity contribution in [3.05, 3.63) is 24.0 Å². The number of carbonyl (C=O) groups is 1. The zero-order valence-corrected chi connectivity index (χ0v) is 13.7. The van der Waals surface area contributed by atoms with E-state index in [2.05, 4.69) is 16.8 Å². The van der Waals surface area contributed by atoms with Crippen molar-refractivity contribution in [3.8, 4) is 17.6 Å². The molecule has 1 fully saturated rings. The highest BCUT2D eigenvalue weighted by molar-refractivity contribution is 5.69. The maximum absolute atomic E-state index is 12.0. The number of hydrogen-bond acceptors (Lipinski definition) is 5. The van der Waals surface area contributed by atoms with Crippen LogP contribution in [0.25, 0.3) is 0 Å². The molecular formula is C17H22N2O4. The number of aliphatic hydroxyl groups is 1. The number of hydrogen-bond donors (Lipinski definition) is 1. The van der Waals surface area contributed by atoms with Crippen LogP contribution in [0.1, 0.15) is 32.8 Å². The van der Waals surface area contributed by atoms with Crippen molar-refractivity contribution in [3.63, 3.8) is 0 Å². The Morgan fingerprint density at radius 3 is 2.87 bits per heavy atom. The summed E-state index contributed by atoms with van der Waals surface area (Å²) in [6, 6.07) is 1.77. The van der Waals surface area contributed by atoms with Gasteiger partial charge in [-0.25, -0.2) is 4.79 Å². The van der Waals surface area contributed by atoms with Crippen molar-refractivity contribution in [1.29, 1.82) is 0 Å². The maximum atomic E-state index is 12.0. The van der Waals surface area contributed by atoms with E-state index < -0.39 is 5.60 Å². The number of aliphatic hydroxyl groups excluding tert-OH is 1. The molecule has 0 unspecified atom stereocenters. The first-order chi connectivity index (χ1) is 10.9. The molecule has 0 aliphatic carbocycles. The normalized spacial score (nSPS) is 16.9. The van der Waals surface area contributed by atoms with Gasteiger partial charge >= 0.3 is 6.09 Å². The lowest BCUT2D eigenvalue weighted by atomic mass is 10.1. The number of aromatic nitrogens is 1. The molecular weight excluding hydrogens is 296 g/mol. The summed E-state index contributed by atoms with van der Waals surface area (Å²) in [6.07, 6.45) is 3.78. The fourth-order valence-corrected chi connectivity index (χ4v) is 2.08. The minimum atomic E-state index is -0.498. The summed E-state index contributed by atoms with van der Waals surface area (Å²) in [5.41, 5.74) is 0.177. The number of nitrogens with zero attached hydrogens (tertiary/aromatic N) is 2. The zero-order chi connectivity index (χ0) is 16.9. The quantitative estimate of drug-likeness (QED) is 0.861. The topological polar surface area (TPSA) is 71.9 Å². The third kappa shape index (κ3) is 5.15. The van der Waals surface area contributed by atoms with Crippen molar-refractivity contribution < 1.29 is 19.4 Å². The largest absolute Gasteiger partial charge is 0.490 e. The number of rotatable bonds is 3. The first-order valence-electron chi connectivity index (χ1n) is 7.56. The molecule has 23 heavy (non-hydrogen) atoms. The molecule has 1 aliphatic heterocycles. The van der Waals surface area contributed by atoms with Crippen LogP contribution in [0.5, 0.6) is 5.75 Å². The summed E-state index contributed by atoms with van der Waals surface area (Å²) in [6.45, 7) is 6.42. The molecule has 1 amide bonds. The second-order valence-electron chi connectivity index (χ2n) is 6.30. The number of carbonyl (C=O) groups excluding carboxylic acids is 1. The lowest BCUT2D eigenvalue weighted by Gasteiger charge is -2.40. The first kappa shape index (κ1) is 17.1. The van der Waals surface area contributed by atoms with Gasteiger partial charge < -0.3 is 19.5 Å². The van der Waals surface area contributed by atoms with Gasteiger partial charge in [0.2, 0.25) is 0 Å². The summed E-state index contributed by atoms with van der Waals surface area (Å²) in [5, 5.41) is 8.70. The molecule has 2 heterocycles. The molecule has 124 valence electrons. The second kappa shape index (κ2) is 7.34. The summed E-state index contributed by atoms with van der Waals surface area (Å²) in [5.74, 6) is 5.93. The number of amides is 1. The highest BCUT2D eigenvalue weighted by atomic mass is 16.6. The molecule has 1 aromatic heterocycles. The average Bonchev–Trinajstić information content (AvgIpc) is 2.42. The van der Waals surface area contributed by atoms with Crippen molar-refractivity contribution >= 4 is 6.09 Å². The lowest BCUT2D eigenvalue weighted by Crippen LogP contribution is -2.55. The van der Waals surface area contributed by atoms with E-state index in [0.29, 0.717) is 24.5 Å². The molecule has 0 saturated carbocycles. The Hall–Kier alpha value is -2.26. The smallest absolute Gasteiger partial charge is 0.410 e. The predicted octanol–water partition coefficient (Wildman–Crippen LogP) is 1.81. The fraction of sp³-hybridized carbons (Fsp3) is 0.529. The SMILES string of the molecule is CC(C)(C)OC(=O)N1CC[C@H]1COc1cncc(C#CCO)c1. The molecule has 2 rings (SSSR count). The summed E-state index contributed by atoms with van der Waals surface area (Å²) in [7, 11) is 0. The molecule has 6 heteroatoms. The summed E-state index contributed by atoms with van der Waals surface area (Å²) < 4.78 is 11.1. The van der Waals surface area contributed by atoms with Gasteiger partial charge in [-0.15, -0.1) is 0 Å². The van der Waals surface area contributed by atoms with Gasteiger partial charge in [0, 0.05) is 18.3 Å². The van der Waals surface area contributed by atoms with Gasteiger partial charge in [-0.2, -0.15) is 0 Å². The van der Waals surface area contributed by atoms with Crippen molar-refractivity contribution in [2.24, 2.45) is 0 Å². The monoisotopic (exact) mass is 318 g/mol. The zero-order valence-electron chi connectivity index (χ0n) is 13.7. The first-order valence-corrected chi connectivity index (χ1v) is 7.56. The van der Waals surface area contributed by atoms with Gasteiger partial charge in [0.05, 0.1) is 12.2 Å². The highest BCUT2D eigenvalue weighted by Crippen LogP contribution is 2.22. The van der Waals surface area contributed by atoms with E-state index in [1.54, 1.807) is 23.4 Å². The summed E-state index contributed by atoms with van der Waals surface area (Å²) in [4.78, 5) is 17.8. The standard InChI is InChI=1S/C17H22N2O4/c1-17(2,3)23-16(21)19-7-6-14(19)12-22-15-9-13(5-4-8-20)10-18-11-15/h9-11,14,20H,6-8,12H2,1-3H3/t14-/m0/s1. The van der Waals surface area contributed by atoms with Crippen LogP contribution in [-0.4, -0.2) is 52.5 Å². The van der Waals surface area contributed by atoms with Gasteiger partial charge in [-0.05, 0) is 33.3 Å². The fourth-order valence-electron chi connectivity index (χ4n) is 2.08. The van der Waals surface area contributed by atoms with Crippen LogP contribution in [-0.2, 0) is 4.74 Å². The van der Waals surface area contributed by atoms with Crippen LogP contribution in [0.2, 0.25) is 0 Å². The van der Waals surface area contributed by atoms with Gasteiger partial charge in [-0.3, -0.25) is 4.98 Å². The predicted molar refractivity (Wildman–Crippen MR) is 85.0 cm³/mol. The van der Waals surface area contributed by atoms with Crippen LogP contribution in [0, 0.1) is 11.8 Å². The van der Waals surface area contributed by atoms with Crippen LogP contribution in [0.4, 0.5) is 4.79 Å². The Morgan fingerprint density at radius 1 is 1.48 bits per heavy atom. The van der Waals surface area contributed by atoms with Gasteiger partial charge in [0.15, 0.2) is 0 Å². The Labute approximate surface area is 136 Å². The minimum absolute atomic E-state index is 0.0111. The number of pyridine rings is 1. The van der Waals surface area contributed by atoms with Crippen molar-refractivity contribution in [1.82, 2.24) is 9.88 Å². The molecule has 6 nitrogen and oxygen atoms in total. The van der Waals surface area contributed by atoms with Crippen LogP contribution in [0.15, 0.2) is 18.5 Å². The molecule has 0 aromatic carbocycles. The van der Waals surface area contributed by atoms with Crippen LogP contribution in [0.3, 0.4) is 0 Å². The van der Waals surface area contributed by atoms with Crippen LogP contribution < -0.4 is 4.74 Å². The molecule has 1 saturated heterocycles. The molecule has 1 atom stereocenters. The average molecular weight is 318 g/mol. The third-order valence-electron chi connectivity index (χ3n) is 3.24. The van der Waals surface area contributed by atoms with E-state index in [4.69, 9.17) is 14.6 Å². The highest BCUT2D eigenvalue weighted by Gasteiger charge is 2.35. The molecule has 1 aliphatic rings. The van der Waals surface area contributed by atoms with Crippen molar-refractivity contribution in [2.45, 2.75) is 38.8 Å². The van der Waals surface area contributed by atoms with Gasteiger partial charge in [0.25, 0.3) is 0 Å². The molecule has 0 spiro atoms. The Bertz CT molecular complexity index is 613. The van der Waals surface area contributed by atoms with Gasteiger partial charge in [-0.1, -0.05) is 11.8 Å². The number of likely N-dealkylation sites (tertiary alicyclic amines) is 1. The summed E-state index contributed by atoms with van der Waals surface area (Å²) >= 11 is 0. The van der Waals surface area contributed by atoms with E-state index >= 15 is 0 Å². The van der Waals surface area contributed by atoms with E-state index in [9.17, 15) is 4.79 Å². The Kier molecular flexibility index (Phi) is 5.45. The maximum Gasteiger partial charge on any atom is 0.410 e. The van der Waals surface area contributed by atoms with E-state index in [-0.39, 0.29) is 18.7 Å². The van der Waals surface area contributed by atoms with E-state index in [1.165, 1.54) is 0 Å². The second-order valence-corrected chi connectivity index (χ2v) is 6.30. The Balaban J connectivity index is 1.88. The van der Waals surface area contributed by atoms with Gasteiger partial charge in [0.1, 0.15) is 24.6 Å². The van der Waals surface area contributed by atoms with E-state index in [0.717, 1.165) is 6.42 Å². The third-order valence-corrected chi connectivity index (χ3v) is 3.24.